The van der Waals surface area contributed by atoms with Gasteiger partial charge in [0, 0.05) is 25.3 Å². The van der Waals surface area contributed by atoms with Gasteiger partial charge in [-0.05, 0) is 18.3 Å². The van der Waals surface area contributed by atoms with Crippen molar-refractivity contribution in [3.8, 4) is 17.2 Å². The molecule has 0 heterocycles. The van der Waals surface area contributed by atoms with E-state index >= 15 is 0 Å². The molecule has 0 aliphatic rings. The molecule has 0 saturated heterocycles. The van der Waals surface area contributed by atoms with Crippen LogP contribution in [0.15, 0.2) is 12.1 Å². The molecule has 4 nitrogen and oxygen atoms in total. The number of ether oxygens (including phenoxy) is 3. The molecular weight excluding hydrogens is 246 g/mol. The second-order valence-electron chi connectivity index (χ2n) is 3.34. The minimum Gasteiger partial charge on any atom is -0.496 e. The Kier molecular flexibility index (Phi) is 8.11. The summed E-state index contributed by atoms with van der Waals surface area (Å²) in [4.78, 5) is 12.0. The summed E-state index contributed by atoms with van der Waals surface area (Å²) in [6.07, 6.45) is 1.12. The van der Waals surface area contributed by atoms with Crippen molar-refractivity contribution in [2.75, 3.05) is 27.5 Å². The van der Waals surface area contributed by atoms with Crippen LogP contribution in [0, 0.1) is 0 Å². The Bertz CT molecular complexity index is 409. The van der Waals surface area contributed by atoms with Gasteiger partial charge in [-0.15, -0.1) is 9.24 Å². The average Bonchev–Trinajstić information content (AvgIpc) is 2.36. The Hall–Kier alpha value is -0.683. The van der Waals surface area contributed by atoms with Crippen LogP contribution in [0.5, 0.6) is 17.2 Å². The van der Waals surface area contributed by atoms with E-state index in [-0.39, 0.29) is 24.6 Å². The number of carbonyl (C=O) groups excluding carboxylic acids is 1. The van der Waals surface area contributed by atoms with E-state index in [2.05, 4.69) is 9.24 Å². The fourth-order valence-corrected chi connectivity index (χ4v) is 1.86. The van der Waals surface area contributed by atoms with Gasteiger partial charge in [0.25, 0.3) is 0 Å². The third-order valence-electron chi connectivity index (χ3n) is 2.38. The quantitative estimate of drug-likeness (QED) is 0.446. The van der Waals surface area contributed by atoms with Crippen molar-refractivity contribution in [3.63, 3.8) is 0 Å². The Labute approximate surface area is 122 Å². The molecule has 1 aromatic rings. The molecular formula is C12H17LiO4P. The summed E-state index contributed by atoms with van der Waals surface area (Å²) >= 11 is 0. The van der Waals surface area contributed by atoms with Gasteiger partial charge in [-0.1, -0.05) is 0 Å². The van der Waals surface area contributed by atoms with E-state index in [9.17, 15) is 4.79 Å². The number of methoxy groups -OCH3 is 3. The number of hydrogen-bond acceptors (Lipinski definition) is 4. The minimum absolute atomic E-state index is 0. The molecule has 0 amide bonds. The van der Waals surface area contributed by atoms with Gasteiger partial charge in [0.15, 0.2) is 17.3 Å². The minimum atomic E-state index is -0.0207. The number of hydrogen-bond donors (Lipinski definition) is 0. The Balaban J connectivity index is 0.00000289. The van der Waals surface area contributed by atoms with Crippen LogP contribution in [0.4, 0.5) is 0 Å². The Morgan fingerprint density at radius 3 is 2.11 bits per heavy atom. The van der Waals surface area contributed by atoms with Crippen LogP contribution in [0.1, 0.15) is 16.8 Å². The number of ketones is 1. The van der Waals surface area contributed by atoms with E-state index in [0.717, 1.165) is 0 Å². The number of rotatable bonds is 6. The van der Waals surface area contributed by atoms with Gasteiger partial charge in [-0.2, -0.15) is 0 Å². The molecule has 1 unspecified atom stereocenters. The summed E-state index contributed by atoms with van der Waals surface area (Å²) < 4.78 is 15.6. The van der Waals surface area contributed by atoms with Gasteiger partial charge in [0.05, 0.1) is 21.3 Å². The zero-order valence-electron chi connectivity index (χ0n) is 11.3. The molecule has 95 valence electrons. The van der Waals surface area contributed by atoms with Crippen molar-refractivity contribution >= 4 is 33.9 Å². The molecule has 0 aromatic heterocycles. The van der Waals surface area contributed by atoms with E-state index in [1.54, 1.807) is 12.1 Å². The predicted octanol–water partition coefficient (Wildman–Crippen LogP) is 1.78. The summed E-state index contributed by atoms with van der Waals surface area (Å²) in [6, 6.07) is 3.42. The zero-order valence-corrected chi connectivity index (χ0v) is 12.4. The third kappa shape index (κ3) is 3.65. The van der Waals surface area contributed by atoms with Crippen LogP contribution in [0.2, 0.25) is 0 Å². The van der Waals surface area contributed by atoms with Gasteiger partial charge < -0.3 is 14.2 Å². The molecule has 0 saturated carbocycles. The summed E-state index contributed by atoms with van der Waals surface area (Å²) in [5, 5.41) is 0. The number of Topliss-reactive ketones (excluding diaryl/α,β-unsaturated/α-hetero) is 1. The van der Waals surface area contributed by atoms with Crippen LogP contribution in [-0.4, -0.2) is 52.1 Å². The predicted molar refractivity (Wildman–Crippen MR) is 75.4 cm³/mol. The first-order valence-corrected chi connectivity index (χ1v) is 6.03. The maximum absolute atomic E-state index is 12.0. The van der Waals surface area contributed by atoms with Crippen molar-refractivity contribution in [3.05, 3.63) is 17.7 Å². The second kappa shape index (κ2) is 8.42. The molecule has 0 aliphatic heterocycles. The summed E-state index contributed by atoms with van der Waals surface area (Å²) in [7, 11) is 7.10. The Morgan fingerprint density at radius 1 is 1.11 bits per heavy atom. The number of benzene rings is 1. The van der Waals surface area contributed by atoms with E-state index in [1.807, 2.05) is 0 Å². The fraction of sp³-hybridized carbons (Fsp3) is 0.417. The molecule has 0 aliphatic carbocycles. The summed E-state index contributed by atoms with van der Waals surface area (Å²) in [6.45, 7) is 0. The van der Waals surface area contributed by atoms with Gasteiger partial charge in [-0.25, -0.2) is 0 Å². The van der Waals surface area contributed by atoms with Gasteiger partial charge in [0.1, 0.15) is 11.3 Å². The van der Waals surface area contributed by atoms with Crippen LogP contribution in [0.3, 0.4) is 0 Å². The smallest absolute Gasteiger partial charge is 0.175 e. The molecule has 1 aromatic carbocycles. The van der Waals surface area contributed by atoms with Crippen molar-refractivity contribution in [1.29, 1.82) is 0 Å². The van der Waals surface area contributed by atoms with Crippen LogP contribution in [0.25, 0.3) is 0 Å². The average molecular weight is 263 g/mol. The zero-order chi connectivity index (χ0) is 12.8. The van der Waals surface area contributed by atoms with E-state index in [1.165, 1.54) is 21.3 Å². The van der Waals surface area contributed by atoms with Crippen LogP contribution < -0.4 is 14.2 Å². The third-order valence-corrected chi connectivity index (χ3v) is 2.67. The van der Waals surface area contributed by atoms with Crippen molar-refractivity contribution in [1.82, 2.24) is 0 Å². The van der Waals surface area contributed by atoms with Crippen molar-refractivity contribution in [2.24, 2.45) is 0 Å². The first-order chi connectivity index (χ1) is 8.19. The molecule has 0 spiro atoms. The van der Waals surface area contributed by atoms with Crippen LogP contribution >= 0.6 is 9.24 Å². The Morgan fingerprint density at radius 2 is 1.67 bits per heavy atom. The molecule has 6 heteroatoms. The SMILES string of the molecule is COc1ccc(OC)c(C(=O)CCP)c1OC.[Li]. The monoisotopic (exact) mass is 263 g/mol. The van der Waals surface area contributed by atoms with Gasteiger partial charge >= 0.3 is 0 Å². The largest absolute Gasteiger partial charge is 0.496 e. The topological polar surface area (TPSA) is 44.8 Å². The molecule has 0 bridgehead atoms. The molecule has 0 fully saturated rings. The standard InChI is InChI=1S/C12H17O4P.Li/c1-14-9-4-5-10(15-2)12(16-3)11(9)8(13)6-7-17;/h4-5H,6-7,17H2,1-3H3;. The van der Waals surface area contributed by atoms with Gasteiger partial charge in [-0.3, -0.25) is 4.79 Å². The summed E-state index contributed by atoms with van der Waals surface area (Å²) in [5.41, 5.74) is 0.441. The maximum atomic E-state index is 12.0. The van der Waals surface area contributed by atoms with E-state index in [0.29, 0.717) is 35.4 Å². The second-order valence-corrected chi connectivity index (χ2v) is 3.92. The molecule has 18 heavy (non-hydrogen) atoms. The molecule has 1 radical (unpaired) electrons. The van der Waals surface area contributed by atoms with Crippen molar-refractivity contribution < 1.29 is 19.0 Å². The normalized spacial score (nSPS) is 9.33. The van der Waals surface area contributed by atoms with Gasteiger partial charge in [0.2, 0.25) is 0 Å². The molecule has 0 N–H and O–H groups in total. The van der Waals surface area contributed by atoms with Crippen LogP contribution in [-0.2, 0) is 0 Å². The fourth-order valence-electron chi connectivity index (χ4n) is 1.60. The first-order valence-electron chi connectivity index (χ1n) is 5.21. The number of carbonyl (C=O) groups is 1. The summed E-state index contributed by atoms with van der Waals surface area (Å²) in [5.74, 6) is 1.44. The molecule has 1 rings (SSSR count). The molecule has 1 atom stereocenters. The maximum Gasteiger partial charge on any atom is 0.175 e. The van der Waals surface area contributed by atoms with E-state index < -0.39 is 0 Å². The first kappa shape index (κ1) is 17.3. The van der Waals surface area contributed by atoms with Crippen molar-refractivity contribution in [2.45, 2.75) is 6.42 Å². The van der Waals surface area contributed by atoms with E-state index in [4.69, 9.17) is 14.2 Å².